The number of amides is 1. The summed E-state index contributed by atoms with van der Waals surface area (Å²) in [5.74, 6) is -0.192. The van der Waals surface area contributed by atoms with Crippen molar-refractivity contribution in [3.8, 4) is 0 Å². The van der Waals surface area contributed by atoms with E-state index in [9.17, 15) is 4.79 Å². The quantitative estimate of drug-likeness (QED) is 0.454. The third kappa shape index (κ3) is 3.77. The molecule has 2 aromatic heterocycles. The minimum absolute atomic E-state index is 0.150. The molecular weight excluding hydrogens is 350 g/mol. The van der Waals surface area contributed by atoms with E-state index in [1.54, 1.807) is 12.3 Å². The lowest BCUT2D eigenvalue weighted by Crippen LogP contribution is -2.41. The van der Waals surface area contributed by atoms with E-state index in [0.717, 1.165) is 11.1 Å². The normalized spacial score (nSPS) is 12.6. The summed E-state index contributed by atoms with van der Waals surface area (Å²) in [6, 6.07) is 18.0. The summed E-state index contributed by atoms with van der Waals surface area (Å²) in [5.41, 5.74) is 8.46. The van der Waals surface area contributed by atoms with E-state index in [2.05, 4.69) is 44.8 Å². The number of hydrogen-bond acceptors (Lipinski definition) is 4. The van der Waals surface area contributed by atoms with Crippen molar-refractivity contribution in [2.24, 2.45) is 5.73 Å². The summed E-state index contributed by atoms with van der Waals surface area (Å²) < 4.78 is 0. The van der Waals surface area contributed by atoms with E-state index < -0.39 is 0 Å². The van der Waals surface area contributed by atoms with Gasteiger partial charge in [0.15, 0.2) is 5.65 Å². The fourth-order valence-corrected chi connectivity index (χ4v) is 3.33. The summed E-state index contributed by atoms with van der Waals surface area (Å²) >= 11 is 0. The van der Waals surface area contributed by atoms with E-state index in [4.69, 9.17) is 5.73 Å². The van der Waals surface area contributed by atoms with Crippen molar-refractivity contribution in [1.82, 2.24) is 20.5 Å². The van der Waals surface area contributed by atoms with Gasteiger partial charge in [-0.1, -0.05) is 42.5 Å². The monoisotopic (exact) mass is 371 g/mol. The van der Waals surface area contributed by atoms with E-state index >= 15 is 0 Å². The number of fused-ring (bicyclic) bond motifs is 2. The average molecular weight is 371 g/mol. The van der Waals surface area contributed by atoms with Crippen LogP contribution in [0.2, 0.25) is 0 Å². The Hall–Kier alpha value is -3.51. The number of H-pyrrole nitrogens is 1. The third-order valence-electron chi connectivity index (χ3n) is 4.74. The Morgan fingerprint density at radius 1 is 1.11 bits per heavy atom. The summed E-state index contributed by atoms with van der Waals surface area (Å²) in [6.45, 7) is 0.361. The second-order valence-electron chi connectivity index (χ2n) is 6.63. The summed E-state index contributed by atoms with van der Waals surface area (Å²) in [4.78, 5) is 16.6. The van der Waals surface area contributed by atoms with Gasteiger partial charge in [-0.15, -0.1) is 0 Å². The van der Waals surface area contributed by atoms with Crippen LogP contribution in [0.25, 0.3) is 27.9 Å². The van der Waals surface area contributed by atoms with Gasteiger partial charge in [0.05, 0.1) is 5.69 Å². The van der Waals surface area contributed by atoms with Gasteiger partial charge in [0.1, 0.15) is 0 Å². The number of nitrogens with zero attached hydrogens (tertiary/aromatic N) is 2. The van der Waals surface area contributed by atoms with Gasteiger partial charge in [-0.05, 0) is 41.0 Å². The van der Waals surface area contributed by atoms with Gasteiger partial charge in [0, 0.05) is 30.2 Å². The van der Waals surface area contributed by atoms with Crippen LogP contribution in [0.5, 0.6) is 0 Å². The van der Waals surface area contributed by atoms with Gasteiger partial charge in [-0.25, -0.2) is 4.98 Å². The van der Waals surface area contributed by atoms with Crippen molar-refractivity contribution in [3.05, 3.63) is 78.1 Å². The highest BCUT2D eigenvalue weighted by atomic mass is 16.1. The molecule has 0 unspecified atom stereocenters. The Balaban J connectivity index is 1.46. The number of pyridine rings is 1. The predicted molar refractivity (Wildman–Crippen MR) is 112 cm³/mol. The fraction of sp³-hybridized carbons (Fsp3) is 0.136. The summed E-state index contributed by atoms with van der Waals surface area (Å²) in [5, 5.41) is 13.2. The van der Waals surface area contributed by atoms with Crippen LogP contribution in [-0.2, 0) is 11.2 Å². The molecule has 0 saturated carbocycles. The molecule has 2 heterocycles. The number of nitrogens with two attached hydrogens (primary N) is 1. The number of rotatable bonds is 6. The average Bonchev–Trinajstić information content (AvgIpc) is 3.15. The van der Waals surface area contributed by atoms with Crippen molar-refractivity contribution in [3.63, 3.8) is 0 Å². The molecule has 1 amide bonds. The zero-order chi connectivity index (χ0) is 19.3. The number of carbonyl (C=O) groups is 1. The summed E-state index contributed by atoms with van der Waals surface area (Å²) in [6.07, 6.45) is 5.56. The molecule has 0 spiro atoms. The first kappa shape index (κ1) is 17.9. The highest BCUT2D eigenvalue weighted by Crippen LogP contribution is 2.19. The van der Waals surface area contributed by atoms with Gasteiger partial charge >= 0.3 is 0 Å². The molecule has 0 aliphatic rings. The molecule has 0 aliphatic carbocycles. The van der Waals surface area contributed by atoms with Crippen LogP contribution in [-0.4, -0.2) is 33.7 Å². The van der Waals surface area contributed by atoms with Crippen LogP contribution in [0.4, 0.5) is 0 Å². The maximum atomic E-state index is 12.4. The first-order valence-electron chi connectivity index (χ1n) is 9.19. The molecule has 0 aliphatic heterocycles. The van der Waals surface area contributed by atoms with Crippen molar-refractivity contribution in [2.45, 2.75) is 12.5 Å². The first-order valence-corrected chi connectivity index (χ1v) is 9.19. The fourth-order valence-electron chi connectivity index (χ4n) is 3.33. The van der Waals surface area contributed by atoms with Crippen LogP contribution in [0, 0.1) is 0 Å². The molecule has 4 N–H and O–H groups in total. The van der Waals surface area contributed by atoms with E-state index in [0.29, 0.717) is 18.6 Å². The van der Waals surface area contributed by atoms with Crippen LogP contribution < -0.4 is 11.1 Å². The van der Waals surface area contributed by atoms with Crippen molar-refractivity contribution < 1.29 is 4.79 Å². The Morgan fingerprint density at radius 2 is 1.93 bits per heavy atom. The third-order valence-corrected chi connectivity index (χ3v) is 4.74. The molecule has 0 bridgehead atoms. The standard InChI is InChI=1S/C22H21N5O/c23-14-17(13-16-7-3-6-15-5-1-2-8-18(15)16)25-21(28)11-10-20-19-9-4-12-24-22(19)27-26-20/h1-12,17H,13-14,23H2,(H,25,28)(H,24,26,27)/t17-/m0/s1. The van der Waals surface area contributed by atoms with Gasteiger partial charge < -0.3 is 11.1 Å². The number of aromatic amines is 1. The molecule has 140 valence electrons. The Kier molecular flexibility index (Phi) is 5.12. The number of carbonyl (C=O) groups excluding carboxylic acids is 1. The summed E-state index contributed by atoms with van der Waals surface area (Å²) in [7, 11) is 0. The second-order valence-corrected chi connectivity index (χ2v) is 6.63. The molecule has 4 aromatic rings. The molecule has 0 radical (unpaired) electrons. The van der Waals surface area contributed by atoms with Crippen LogP contribution >= 0.6 is 0 Å². The van der Waals surface area contributed by atoms with E-state index in [-0.39, 0.29) is 11.9 Å². The minimum atomic E-state index is -0.192. The van der Waals surface area contributed by atoms with Crippen LogP contribution in [0.1, 0.15) is 11.3 Å². The molecule has 28 heavy (non-hydrogen) atoms. The first-order chi connectivity index (χ1) is 13.7. The Labute approximate surface area is 162 Å². The molecular formula is C22H21N5O. The SMILES string of the molecule is NC[C@H](Cc1cccc2ccccc12)NC(=O)C=Cc1[nH]nc2ncccc12. The predicted octanol–water partition coefficient (Wildman–Crippen LogP) is 2.81. The molecule has 2 aromatic carbocycles. The lowest BCUT2D eigenvalue weighted by molar-refractivity contribution is -0.117. The van der Waals surface area contributed by atoms with Gasteiger partial charge in [0.2, 0.25) is 5.91 Å². The smallest absolute Gasteiger partial charge is 0.244 e. The number of nitrogens with one attached hydrogen (secondary N) is 2. The van der Waals surface area contributed by atoms with Crippen LogP contribution in [0.15, 0.2) is 66.9 Å². The van der Waals surface area contributed by atoms with E-state index in [1.807, 2.05) is 30.3 Å². The second kappa shape index (κ2) is 8.02. The Morgan fingerprint density at radius 3 is 2.82 bits per heavy atom. The maximum Gasteiger partial charge on any atom is 0.244 e. The van der Waals surface area contributed by atoms with Gasteiger partial charge in [-0.3, -0.25) is 9.89 Å². The van der Waals surface area contributed by atoms with E-state index in [1.165, 1.54) is 22.4 Å². The molecule has 0 saturated heterocycles. The highest BCUT2D eigenvalue weighted by molar-refractivity contribution is 5.94. The molecule has 6 nitrogen and oxygen atoms in total. The highest BCUT2D eigenvalue weighted by Gasteiger charge is 2.12. The number of benzene rings is 2. The van der Waals surface area contributed by atoms with Crippen LogP contribution in [0.3, 0.4) is 0 Å². The zero-order valence-electron chi connectivity index (χ0n) is 15.3. The number of aromatic nitrogens is 3. The topological polar surface area (TPSA) is 96.7 Å². The van der Waals surface area contributed by atoms with Gasteiger partial charge in [0.25, 0.3) is 0 Å². The van der Waals surface area contributed by atoms with Crippen molar-refractivity contribution in [2.75, 3.05) is 6.54 Å². The van der Waals surface area contributed by atoms with Crippen molar-refractivity contribution >= 4 is 33.8 Å². The molecule has 6 heteroatoms. The molecule has 0 fully saturated rings. The van der Waals surface area contributed by atoms with Gasteiger partial charge in [-0.2, -0.15) is 5.10 Å². The zero-order valence-corrected chi connectivity index (χ0v) is 15.3. The lowest BCUT2D eigenvalue weighted by Gasteiger charge is -2.17. The van der Waals surface area contributed by atoms with Crippen molar-refractivity contribution in [1.29, 1.82) is 0 Å². The number of hydrogen-bond donors (Lipinski definition) is 3. The Bertz CT molecular complexity index is 1140. The molecule has 4 rings (SSSR count). The largest absolute Gasteiger partial charge is 0.348 e. The maximum absolute atomic E-state index is 12.4. The molecule has 1 atom stereocenters. The lowest BCUT2D eigenvalue weighted by atomic mass is 9.99. The minimum Gasteiger partial charge on any atom is -0.348 e.